The second-order valence-electron chi connectivity index (χ2n) is 3.98. The van der Waals surface area contributed by atoms with Gasteiger partial charge in [-0.2, -0.15) is 0 Å². The number of aryl methyl sites for hydroxylation is 1. The summed E-state index contributed by atoms with van der Waals surface area (Å²) >= 11 is 1.67. The molecule has 1 aromatic carbocycles. The molecule has 1 heterocycles. The predicted molar refractivity (Wildman–Crippen MR) is 72.0 cm³/mol. The number of methoxy groups -OCH3 is 1. The Kier molecular flexibility index (Phi) is 3.64. The predicted octanol–water partition coefficient (Wildman–Crippen LogP) is 3.10. The summed E-state index contributed by atoms with van der Waals surface area (Å²) in [7, 11) is 3.74. The van der Waals surface area contributed by atoms with Gasteiger partial charge in [0.2, 0.25) is 0 Å². The van der Waals surface area contributed by atoms with Crippen LogP contribution in [0.5, 0.6) is 5.75 Å². The number of ether oxygens (including phenoxy) is 1. The number of nitrogens with zero attached hydrogens (tertiary/aromatic N) is 2. The lowest BCUT2D eigenvalue weighted by molar-refractivity contribution is 0.414. The van der Waals surface area contributed by atoms with E-state index in [4.69, 9.17) is 4.74 Å². The van der Waals surface area contributed by atoms with E-state index in [0.29, 0.717) is 0 Å². The van der Waals surface area contributed by atoms with E-state index >= 15 is 0 Å². The fraction of sp³-hybridized carbons (Fsp3) is 0.308. The minimum absolute atomic E-state index is 0.837. The molecule has 0 unspecified atom stereocenters. The third-order valence-corrected chi connectivity index (χ3v) is 3.56. The molecular formula is C13H16N2OS. The van der Waals surface area contributed by atoms with Crippen LogP contribution in [0.3, 0.4) is 0 Å². The molecule has 2 aromatic rings. The van der Waals surface area contributed by atoms with Gasteiger partial charge in [0.15, 0.2) is 5.13 Å². The van der Waals surface area contributed by atoms with Crippen LogP contribution in [0.15, 0.2) is 29.6 Å². The van der Waals surface area contributed by atoms with E-state index in [1.807, 2.05) is 19.1 Å². The maximum atomic E-state index is 5.21. The molecule has 0 atom stereocenters. The monoisotopic (exact) mass is 248 g/mol. The maximum Gasteiger partial charge on any atom is 0.185 e. The van der Waals surface area contributed by atoms with Crippen LogP contribution in [-0.2, 0) is 6.54 Å². The Morgan fingerprint density at radius 3 is 2.88 bits per heavy atom. The van der Waals surface area contributed by atoms with Crippen molar-refractivity contribution < 1.29 is 4.74 Å². The standard InChI is InChI=1S/C13H16N2OS/c1-10-9-17-13(14-10)15(2)8-11-5-4-6-12(7-11)16-3/h4-7,9H,8H2,1-3H3. The summed E-state index contributed by atoms with van der Waals surface area (Å²) in [5, 5.41) is 3.11. The molecule has 0 saturated heterocycles. The molecule has 4 heteroatoms. The van der Waals surface area contributed by atoms with Crippen LogP contribution in [0.1, 0.15) is 11.3 Å². The summed E-state index contributed by atoms with van der Waals surface area (Å²) in [5.74, 6) is 0.895. The Balaban J connectivity index is 2.09. The van der Waals surface area contributed by atoms with Crippen LogP contribution >= 0.6 is 11.3 Å². The first-order chi connectivity index (χ1) is 8.19. The van der Waals surface area contributed by atoms with Crippen molar-refractivity contribution in [1.29, 1.82) is 0 Å². The highest BCUT2D eigenvalue weighted by atomic mass is 32.1. The number of thiazole rings is 1. The van der Waals surface area contributed by atoms with Gasteiger partial charge in [-0.05, 0) is 24.6 Å². The summed E-state index contributed by atoms with van der Waals surface area (Å²) in [6, 6.07) is 8.11. The van der Waals surface area contributed by atoms with Gasteiger partial charge in [0.1, 0.15) is 5.75 Å². The number of aromatic nitrogens is 1. The van der Waals surface area contributed by atoms with Crippen molar-refractivity contribution in [3.05, 3.63) is 40.9 Å². The van der Waals surface area contributed by atoms with E-state index in [9.17, 15) is 0 Å². The zero-order chi connectivity index (χ0) is 12.3. The van der Waals surface area contributed by atoms with Gasteiger partial charge < -0.3 is 9.64 Å². The molecule has 0 N–H and O–H groups in total. The number of hydrogen-bond acceptors (Lipinski definition) is 4. The van der Waals surface area contributed by atoms with E-state index in [1.165, 1.54) is 5.56 Å². The van der Waals surface area contributed by atoms with Crippen LogP contribution in [-0.4, -0.2) is 19.1 Å². The number of rotatable bonds is 4. The second-order valence-corrected chi connectivity index (χ2v) is 4.82. The number of anilines is 1. The molecule has 3 nitrogen and oxygen atoms in total. The lowest BCUT2D eigenvalue weighted by Gasteiger charge is -2.16. The molecule has 90 valence electrons. The van der Waals surface area contributed by atoms with Crippen molar-refractivity contribution in [2.75, 3.05) is 19.1 Å². The van der Waals surface area contributed by atoms with Gasteiger partial charge in [0.25, 0.3) is 0 Å². The van der Waals surface area contributed by atoms with Gasteiger partial charge in [-0.25, -0.2) is 4.98 Å². The van der Waals surface area contributed by atoms with E-state index in [1.54, 1.807) is 18.4 Å². The van der Waals surface area contributed by atoms with Gasteiger partial charge in [-0.15, -0.1) is 11.3 Å². The molecule has 0 fully saturated rings. The minimum Gasteiger partial charge on any atom is -0.497 e. The summed E-state index contributed by atoms with van der Waals surface area (Å²) in [5.41, 5.74) is 2.29. The van der Waals surface area contributed by atoms with E-state index in [2.05, 4.69) is 34.4 Å². The molecule has 0 aliphatic heterocycles. The Labute approximate surface area is 106 Å². The van der Waals surface area contributed by atoms with Gasteiger partial charge >= 0.3 is 0 Å². The second kappa shape index (κ2) is 5.19. The van der Waals surface area contributed by atoms with Gasteiger partial charge in [0.05, 0.1) is 12.8 Å². The highest BCUT2D eigenvalue weighted by Crippen LogP contribution is 2.21. The fourth-order valence-corrected chi connectivity index (χ4v) is 2.40. The Hall–Kier alpha value is -1.55. The first kappa shape index (κ1) is 11.9. The first-order valence-electron chi connectivity index (χ1n) is 5.45. The van der Waals surface area contributed by atoms with E-state index < -0.39 is 0 Å². The lowest BCUT2D eigenvalue weighted by atomic mass is 10.2. The van der Waals surface area contributed by atoms with Crippen LogP contribution < -0.4 is 9.64 Å². The third kappa shape index (κ3) is 2.97. The SMILES string of the molecule is COc1cccc(CN(C)c2nc(C)cs2)c1. The quantitative estimate of drug-likeness (QED) is 0.831. The van der Waals surface area contributed by atoms with E-state index in [0.717, 1.165) is 23.1 Å². The summed E-state index contributed by atoms with van der Waals surface area (Å²) in [6.07, 6.45) is 0. The van der Waals surface area contributed by atoms with Crippen molar-refractivity contribution in [3.63, 3.8) is 0 Å². The Morgan fingerprint density at radius 2 is 2.24 bits per heavy atom. The molecular weight excluding hydrogens is 232 g/mol. The smallest absolute Gasteiger partial charge is 0.185 e. The van der Waals surface area contributed by atoms with Crippen molar-refractivity contribution >= 4 is 16.5 Å². The summed E-state index contributed by atoms with van der Waals surface area (Å²) in [4.78, 5) is 6.61. The zero-order valence-electron chi connectivity index (χ0n) is 10.3. The first-order valence-corrected chi connectivity index (χ1v) is 6.33. The molecule has 0 amide bonds. The highest BCUT2D eigenvalue weighted by Gasteiger charge is 2.06. The molecule has 0 radical (unpaired) electrons. The largest absolute Gasteiger partial charge is 0.497 e. The van der Waals surface area contributed by atoms with Gasteiger partial charge in [-0.3, -0.25) is 0 Å². The average Bonchev–Trinajstić information content (AvgIpc) is 2.76. The van der Waals surface area contributed by atoms with Crippen LogP contribution in [0.4, 0.5) is 5.13 Å². The summed E-state index contributed by atoms with van der Waals surface area (Å²) in [6.45, 7) is 2.85. The molecule has 1 aromatic heterocycles. The van der Waals surface area contributed by atoms with Crippen molar-refractivity contribution in [3.8, 4) is 5.75 Å². The van der Waals surface area contributed by atoms with Crippen LogP contribution in [0, 0.1) is 6.92 Å². The molecule has 0 saturated carbocycles. The molecule has 0 bridgehead atoms. The number of benzene rings is 1. The number of hydrogen-bond donors (Lipinski definition) is 0. The third-order valence-electron chi connectivity index (χ3n) is 2.49. The molecule has 2 rings (SSSR count). The minimum atomic E-state index is 0.837. The summed E-state index contributed by atoms with van der Waals surface area (Å²) < 4.78 is 5.21. The molecule has 17 heavy (non-hydrogen) atoms. The van der Waals surface area contributed by atoms with Crippen molar-refractivity contribution in [2.24, 2.45) is 0 Å². The Morgan fingerprint density at radius 1 is 1.41 bits per heavy atom. The van der Waals surface area contributed by atoms with Crippen molar-refractivity contribution in [2.45, 2.75) is 13.5 Å². The topological polar surface area (TPSA) is 25.4 Å². The van der Waals surface area contributed by atoms with E-state index in [-0.39, 0.29) is 0 Å². The van der Waals surface area contributed by atoms with Gasteiger partial charge in [0, 0.05) is 19.0 Å². The molecule has 0 aliphatic rings. The zero-order valence-corrected chi connectivity index (χ0v) is 11.1. The fourth-order valence-electron chi connectivity index (χ4n) is 1.63. The average molecular weight is 248 g/mol. The molecule has 0 spiro atoms. The van der Waals surface area contributed by atoms with Crippen molar-refractivity contribution in [1.82, 2.24) is 4.98 Å². The maximum absolute atomic E-state index is 5.21. The van der Waals surface area contributed by atoms with Crippen LogP contribution in [0.25, 0.3) is 0 Å². The van der Waals surface area contributed by atoms with Crippen LogP contribution in [0.2, 0.25) is 0 Å². The van der Waals surface area contributed by atoms with Gasteiger partial charge in [-0.1, -0.05) is 12.1 Å². The normalized spacial score (nSPS) is 10.3. The highest BCUT2D eigenvalue weighted by molar-refractivity contribution is 7.13. The Bertz CT molecular complexity index is 496. The molecule has 0 aliphatic carbocycles. The lowest BCUT2D eigenvalue weighted by Crippen LogP contribution is -2.16.